The summed E-state index contributed by atoms with van der Waals surface area (Å²) in [4.78, 5) is 23.2. The first-order chi connectivity index (χ1) is 7.81. The van der Waals surface area contributed by atoms with Crippen LogP contribution in [-0.2, 0) is 4.74 Å². The van der Waals surface area contributed by atoms with Crippen molar-refractivity contribution in [1.29, 1.82) is 0 Å². The zero-order chi connectivity index (χ0) is 11.4. The topological polar surface area (TPSA) is 69.9 Å². The molecule has 0 aromatic carbocycles. The van der Waals surface area contributed by atoms with Gasteiger partial charge in [0.05, 0.1) is 6.61 Å². The molecule has 0 unspecified atom stereocenters. The van der Waals surface area contributed by atoms with E-state index in [0.29, 0.717) is 12.4 Å². The van der Waals surface area contributed by atoms with E-state index in [1.54, 1.807) is 36.3 Å². The third-order valence-corrected chi connectivity index (χ3v) is 1.91. The molecule has 0 fully saturated rings. The molecular weight excluding hydrogens is 208 g/mol. The van der Waals surface area contributed by atoms with Gasteiger partial charge >= 0.3 is 5.97 Å². The number of ether oxygens (including phenoxy) is 1. The molecule has 0 radical (unpaired) electrons. The Bertz CT molecular complexity index is 481. The van der Waals surface area contributed by atoms with Crippen molar-refractivity contribution in [2.75, 3.05) is 6.61 Å². The van der Waals surface area contributed by atoms with Gasteiger partial charge in [-0.2, -0.15) is 0 Å². The molecule has 2 aromatic rings. The largest absolute Gasteiger partial charge is 0.461 e. The summed E-state index contributed by atoms with van der Waals surface area (Å²) in [7, 11) is 0. The zero-order valence-electron chi connectivity index (χ0n) is 8.70. The molecule has 2 heterocycles. The van der Waals surface area contributed by atoms with Crippen molar-refractivity contribution in [1.82, 2.24) is 19.5 Å². The number of esters is 1. The Morgan fingerprint density at radius 2 is 2.38 bits per heavy atom. The third kappa shape index (κ3) is 2.05. The minimum Gasteiger partial charge on any atom is -0.461 e. The Kier molecular flexibility index (Phi) is 2.90. The molecule has 0 bridgehead atoms. The number of rotatable bonds is 3. The van der Waals surface area contributed by atoms with Gasteiger partial charge in [0.1, 0.15) is 18.5 Å². The molecule has 0 spiro atoms. The van der Waals surface area contributed by atoms with Gasteiger partial charge in [0.15, 0.2) is 5.69 Å². The summed E-state index contributed by atoms with van der Waals surface area (Å²) in [6, 6.07) is 1.56. The van der Waals surface area contributed by atoms with E-state index in [1.807, 2.05) is 0 Å². The molecule has 16 heavy (non-hydrogen) atoms. The minimum absolute atomic E-state index is 0.237. The van der Waals surface area contributed by atoms with E-state index >= 15 is 0 Å². The number of hydrogen-bond acceptors (Lipinski definition) is 5. The summed E-state index contributed by atoms with van der Waals surface area (Å²) in [6.45, 7) is 2.07. The van der Waals surface area contributed by atoms with Crippen LogP contribution in [0.1, 0.15) is 17.4 Å². The highest BCUT2D eigenvalue weighted by atomic mass is 16.5. The van der Waals surface area contributed by atoms with Crippen LogP contribution in [0.25, 0.3) is 5.82 Å². The maximum absolute atomic E-state index is 11.4. The lowest BCUT2D eigenvalue weighted by molar-refractivity contribution is 0.0519. The summed E-state index contributed by atoms with van der Waals surface area (Å²) < 4.78 is 6.53. The number of carbonyl (C=O) groups is 1. The highest BCUT2D eigenvalue weighted by molar-refractivity contribution is 5.87. The Labute approximate surface area is 91.9 Å². The van der Waals surface area contributed by atoms with Crippen LogP contribution in [0.15, 0.2) is 31.1 Å². The van der Waals surface area contributed by atoms with E-state index in [4.69, 9.17) is 4.74 Å². The van der Waals surface area contributed by atoms with Crippen molar-refractivity contribution in [3.05, 3.63) is 36.8 Å². The first-order valence-corrected chi connectivity index (χ1v) is 4.78. The molecular formula is C10H10N4O2. The van der Waals surface area contributed by atoms with Crippen molar-refractivity contribution < 1.29 is 9.53 Å². The van der Waals surface area contributed by atoms with Gasteiger partial charge in [-0.15, -0.1) is 0 Å². The lowest BCUT2D eigenvalue weighted by atomic mass is 10.4. The fourth-order valence-corrected chi connectivity index (χ4v) is 1.20. The van der Waals surface area contributed by atoms with Crippen LogP contribution in [0.4, 0.5) is 0 Å². The first-order valence-electron chi connectivity index (χ1n) is 4.78. The Morgan fingerprint density at radius 1 is 1.50 bits per heavy atom. The predicted octanol–water partition coefficient (Wildman–Crippen LogP) is 0.839. The van der Waals surface area contributed by atoms with Crippen LogP contribution >= 0.6 is 0 Å². The standard InChI is InChI=1S/C10H10N4O2/c1-2-16-10(15)8-5-9(13-6-12-8)14-4-3-11-7-14/h3-7H,2H2,1H3. The fraction of sp³-hybridized carbons (Fsp3) is 0.200. The number of aromatic nitrogens is 4. The number of imidazole rings is 1. The van der Waals surface area contributed by atoms with Crippen LogP contribution in [0, 0.1) is 0 Å². The van der Waals surface area contributed by atoms with Gasteiger partial charge in [-0.1, -0.05) is 0 Å². The van der Waals surface area contributed by atoms with Crippen LogP contribution in [0.2, 0.25) is 0 Å². The lowest BCUT2D eigenvalue weighted by Gasteiger charge is -2.03. The van der Waals surface area contributed by atoms with E-state index in [0.717, 1.165) is 0 Å². The molecule has 0 aliphatic heterocycles. The van der Waals surface area contributed by atoms with Gasteiger partial charge in [-0.05, 0) is 6.92 Å². The maximum atomic E-state index is 11.4. The molecule has 0 saturated heterocycles. The van der Waals surface area contributed by atoms with Crippen molar-refractivity contribution in [3.8, 4) is 5.82 Å². The van der Waals surface area contributed by atoms with Crippen molar-refractivity contribution in [3.63, 3.8) is 0 Å². The quantitative estimate of drug-likeness (QED) is 0.714. The third-order valence-electron chi connectivity index (χ3n) is 1.91. The van der Waals surface area contributed by atoms with Crippen molar-refractivity contribution in [2.24, 2.45) is 0 Å². The number of carbonyl (C=O) groups excluding carboxylic acids is 1. The molecule has 0 amide bonds. The molecule has 0 saturated carbocycles. The monoisotopic (exact) mass is 218 g/mol. The van der Waals surface area contributed by atoms with E-state index in [2.05, 4.69) is 15.0 Å². The molecule has 6 nitrogen and oxygen atoms in total. The van der Waals surface area contributed by atoms with Gasteiger partial charge in [0.25, 0.3) is 0 Å². The van der Waals surface area contributed by atoms with Crippen molar-refractivity contribution >= 4 is 5.97 Å². The summed E-state index contributed by atoms with van der Waals surface area (Å²) in [5, 5.41) is 0. The fourth-order valence-electron chi connectivity index (χ4n) is 1.20. The van der Waals surface area contributed by atoms with Crippen molar-refractivity contribution in [2.45, 2.75) is 6.92 Å². The van der Waals surface area contributed by atoms with E-state index in [-0.39, 0.29) is 5.69 Å². The highest BCUT2D eigenvalue weighted by Crippen LogP contribution is 2.05. The Balaban J connectivity index is 2.30. The average Bonchev–Trinajstić information content (AvgIpc) is 2.83. The SMILES string of the molecule is CCOC(=O)c1cc(-n2ccnc2)ncn1. The number of nitrogens with zero attached hydrogens (tertiary/aromatic N) is 4. The van der Waals surface area contributed by atoms with Crippen LogP contribution in [0.5, 0.6) is 0 Å². The molecule has 2 rings (SSSR count). The van der Waals surface area contributed by atoms with Gasteiger partial charge in [-0.25, -0.2) is 19.7 Å². The normalized spacial score (nSPS) is 10.1. The zero-order valence-corrected chi connectivity index (χ0v) is 8.70. The van der Waals surface area contributed by atoms with Crippen LogP contribution in [0.3, 0.4) is 0 Å². The summed E-state index contributed by atoms with van der Waals surface area (Å²) in [6.07, 6.45) is 6.28. The summed E-state index contributed by atoms with van der Waals surface area (Å²) >= 11 is 0. The van der Waals surface area contributed by atoms with Gasteiger partial charge in [0.2, 0.25) is 0 Å². The van der Waals surface area contributed by atoms with E-state index in [1.165, 1.54) is 6.33 Å². The average molecular weight is 218 g/mol. The molecule has 0 aliphatic carbocycles. The van der Waals surface area contributed by atoms with Crippen LogP contribution in [-0.4, -0.2) is 32.1 Å². The second-order valence-electron chi connectivity index (χ2n) is 2.95. The maximum Gasteiger partial charge on any atom is 0.357 e. The Hall–Kier alpha value is -2.24. The molecule has 0 N–H and O–H groups in total. The second kappa shape index (κ2) is 4.52. The van der Waals surface area contributed by atoms with Crippen LogP contribution < -0.4 is 0 Å². The minimum atomic E-state index is -0.453. The smallest absolute Gasteiger partial charge is 0.357 e. The molecule has 6 heteroatoms. The summed E-state index contributed by atoms with van der Waals surface area (Å²) in [5.41, 5.74) is 0.237. The van der Waals surface area contributed by atoms with Gasteiger partial charge in [-0.3, -0.25) is 4.57 Å². The molecule has 2 aromatic heterocycles. The van der Waals surface area contributed by atoms with Gasteiger partial charge in [0, 0.05) is 18.5 Å². The lowest BCUT2D eigenvalue weighted by Crippen LogP contribution is -2.08. The number of hydrogen-bond donors (Lipinski definition) is 0. The molecule has 82 valence electrons. The van der Waals surface area contributed by atoms with E-state index in [9.17, 15) is 4.79 Å². The predicted molar refractivity (Wildman–Crippen MR) is 55.1 cm³/mol. The van der Waals surface area contributed by atoms with Gasteiger partial charge < -0.3 is 4.74 Å². The highest BCUT2D eigenvalue weighted by Gasteiger charge is 2.09. The van der Waals surface area contributed by atoms with E-state index < -0.39 is 5.97 Å². The first kappa shape index (κ1) is 10.3. The molecule has 0 atom stereocenters. The Morgan fingerprint density at radius 3 is 3.06 bits per heavy atom. The molecule has 0 aliphatic rings. The summed E-state index contributed by atoms with van der Waals surface area (Å²) in [5.74, 6) is 0.127. The second-order valence-corrected chi connectivity index (χ2v) is 2.95.